The van der Waals surface area contributed by atoms with Crippen LogP contribution in [0.5, 0.6) is 0 Å². The van der Waals surface area contributed by atoms with Gasteiger partial charge in [-0.1, -0.05) is 25.8 Å². The Hall–Kier alpha value is -1.14. The van der Waals surface area contributed by atoms with Crippen molar-refractivity contribution in [3.05, 3.63) is 23.8 Å². The number of fused-ring (bicyclic) bond motifs is 1. The molecule has 1 saturated heterocycles. The number of nitrogens with zero attached hydrogens (tertiary/aromatic N) is 2. The molecule has 1 saturated carbocycles. The molecule has 1 heterocycles. The van der Waals surface area contributed by atoms with Crippen LogP contribution < -0.4 is 4.90 Å². The van der Waals surface area contributed by atoms with E-state index in [2.05, 4.69) is 36.1 Å². The predicted octanol–water partition coefficient (Wildman–Crippen LogP) is 4.83. The predicted molar refractivity (Wildman–Crippen MR) is 89.9 cm³/mol. The van der Waals surface area contributed by atoms with E-state index in [1.165, 1.54) is 44.2 Å². The van der Waals surface area contributed by atoms with Gasteiger partial charge in [0, 0.05) is 17.5 Å². The van der Waals surface area contributed by atoms with Gasteiger partial charge in [-0.15, -0.1) is 11.8 Å². The van der Waals surface area contributed by atoms with E-state index < -0.39 is 0 Å². The SMILES string of the molecule is CCSc1cccc(N2CCCC3CCCCC32)c1C#N. The van der Waals surface area contributed by atoms with Crippen LogP contribution in [0, 0.1) is 17.2 Å². The van der Waals surface area contributed by atoms with Crippen LogP contribution in [0.2, 0.25) is 0 Å². The Bertz CT molecular complexity index is 533. The lowest BCUT2D eigenvalue weighted by Crippen LogP contribution is -2.47. The fourth-order valence-corrected chi connectivity index (χ4v) is 4.85. The molecule has 2 aliphatic rings. The molecule has 112 valence electrons. The van der Waals surface area contributed by atoms with Gasteiger partial charge in [0.25, 0.3) is 0 Å². The smallest absolute Gasteiger partial charge is 0.103 e. The number of rotatable bonds is 3. The van der Waals surface area contributed by atoms with E-state index in [4.69, 9.17) is 0 Å². The average molecular weight is 300 g/mol. The molecular weight excluding hydrogens is 276 g/mol. The summed E-state index contributed by atoms with van der Waals surface area (Å²) in [4.78, 5) is 3.71. The van der Waals surface area contributed by atoms with Crippen molar-refractivity contribution in [3.8, 4) is 6.07 Å². The number of anilines is 1. The van der Waals surface area contributed by atoms with Gasteiger partial charge in [0.15, 0.2) is 0 Å². The summed E-state index contributed by atoms with van der Waals surface area (Å²) in [5, 5.41) is 9.66. The fourth-order valence-electron chi connectivity index (χ4n) is 4.07. The van der Waals surface area contributed by atoms with Crippen LogP contribution in [0.3, 0.4) is 0 Å². The van der Waals surface area contributed by atoms with Crippen LogP contribution in [0.25, 0.3) is 0 Å². The van der Waals surface area contributed by atoms with Gasteiger partial charge in [0.1, 0.15) is 6.07 Å². The normalized spacial score (nSPS) is 25.2. The van der Waals surface area contributed by atoms with Crippen LogP contribution in [0.1, 0.15) is 51.0 Å². The van der Waals surface area contributed by atoms with Gasteiger partial charge in [-0.3, -0.25) is 0 Å². The number of benzene rings is 1. The molecule has 0 N–H and O–H groups in total. The lowest BCUT2D eigenvalue weighted by molar-refractivity contribution is 0.243. The van der Waals surface area contributed by atoms with E-state index in [9.17, 15) is 5.26 Å². The Morgan fingerprint density at radius 1 is 1.24 bits per heavy atom. The quantitative estimate of drug-likeness (QED) is 0.748. The number of hydrogen-bond acceptors (Lipinski definition) is 3. The molecule has 0 amide bonds. The molecule has 1 aromatic rings. The monoisotopic (exact) mass is 300 g/mol. The van der Waals surface area contributed by atoms with Crippen LogP contribution in [-0.2, 0) is 0 Å². The van der Waals surface area contributed by atoms with Gasteiger partial charge in [-0.25, -0.2) is 0 Å². The van der Waals surface area contributed by atoms with Crippen molar-refractivity contribution in [2.75, 3.05) is 17.2 Å². The average Bonchev–Trinajstić information content (AvgIpc) is 2.54. The summed E-state index contributed by atoms with van der Waals surface area (Å²) in [6, 6.07) is 9.53. The Morgan fingerprint density at radius 3 is 2.86 bits per heavy atom. The van der Waals surface area contributed by atoms with Crippen molar-refractivity contribution in [2.45, 2.75) is 56.4 Å². The first-order chi connectivity index (χ1) is 10.3. The molecule has 3 rings (SSSR count). The molecule has 0 aromatic heterocycles. The van der Waals surface area contributed by atoms with E-state index in [1.54, 1.807) is 11.8 Å². The molecule has 0 bridgehead atoms. The molecule has 0 radical (unpaired) electrons. The Kier molecular flexibility index (Phi) is 4.75. The second kappa shape index (κ2) is 6.75. The Balaban J connectivity index is 1.95. The molecule has 1 aliphatic heterocycles. The van der Waals surface area contributed by atoms with Gasteiger partial charge >= 0.3 is 0 Å². The Morgan fingerprint density at radius 2 is 2.05 bits per heavy atom. The largest absolute Gasteiger partial charge is 0.367 e. The molecule has 1 aliphatic carbocycles. The summed E-state index contributed by atoms with van der Waals surface area (Å²) in [6.07, 6.45) is 8.09. The van der Waals surface area contributed by atoms with Gasteiger partial charge in [0.2, 0.25) is 0 Å². The third kappa shape index (κ3) is 2.92. The minimum atomic E-state index is 0.668. The van der Waals surface area contributed by atoms with E-state index in [0.29, 0.717) is 6.04 Å². The topological polar surface area (TPSA) is 27.0 Å². The molecule has 1 aromatic carbocycles. The maximum atomic E-state index is 9.66. The second-order valence-electron chi connectivity index (χ2n) is 6.14. The molecule has 21 heavy (non-hydrogen) atoms. The third-order valence-corrected chi connectivity index (χ3v) is 5.91. The minimum Gasteiger partial charge on any atom is -0.367 e. The summed E-state index contributed by atoms with van der Waals surface area (Å²) in [6.45, 7) is 3.27. The lowest BCUT2D eigenvalue weighted by Gasteiger charge is -2.45. The first kappa shape index (κ1) is 14.8. The third-order valence-electron chi connectivity index (χ3n) is 4.97. The molecule has 2 atom stereocenters. The van der Waals surface area contributed by atoms with Crippen LogP contribution in [0.15, 0.2) is 23.1 Å². The van der Waals surface area contributed by atoms with Crippen LogP contribution in [0.4, 0.5) is 5.69 Å². The van der Waals surface area contributed by atoms with Crippen molar-refractivity contribution in [3.63, 3.8) is 0 Å². The highest BCUT2D eigenvalue weighted by molar-refractivity contribution is 7.99. The maximum absolute atomic E-state index is 9.66. The zero-order valence-electron chi connectivity index (χ0n) is 12.8. The zero-order chi connectivity index (χ0) is 14.7. The summed E-state index contributed by atoms with van der Waals surface area (Å²) in [7, 11) is 0. The summed E-state index contributed by atoms with van der Waals surface area (Å²) >= 11 is 1.78. The van der Waals surface area contributed by atoms with E-state index in [-0.39, 0.29) is 0 Å². The van der Waals surface area contributed by atoms with Crippen molar-refractivity contribution in [1.29, 1.82) is 5.26 Å². The highest BCUT2D eigenvalue weighted by Gasteiger charge is 2.34. The standard InChI is InChI=1S/C18H24N2S/c1-2-21-18-11-5-10-17(15(18)13-19)20-12-6-8-14-7-3-4-9-16(14)20/h5,10-11,14,16H,2-4,6-9,12H2,1H3. The van der Waals surface area contributed by atoms with Gasteiger partial charge < -0.3 is 4.90 Å². The molecular formula is C18H24N2S. The number of piperidine rings is 1. The highest BCUT2D eigenvalue weighted by Crippen LogP contribution is 2.40. The highest BCUT2D eigenvalue weighted by atomic mass is 32.2. The number of thioether (sulfide) groups is 1. The summed E-state index contributed by atoms with van der Waals surface area (Å²) in [5.41, 5.74) is 2.09. The summed E-state index contributed by atoms with van der Waals surface area (Å²) in [5.74, 6) is 1.87. The van der Waals surface area contributed by atoms with E-state index in [0.717, 1.165) is 28.7 Å². The fraction of sp³-hybridized carbons (Fsp3) is 0.611. The van der Waals surface area contributed by atoms with Crippen molar-refractivity contribution >= 4 is 17.4 Å². The molecule has 0 spiro atoms. The van der Waals surface area contributed by atoms with Crippen LogP contribution in [-0.4, -0.2) is 18.3 Å². The molecule has 2 fully saturated rings. The zero-order valence-corrected chi connectivity index (χ0v) is 13.7. The first-order valence-electron chi connectivity index (χ1n) is 8.27. The van der Waals surface area contributed by atoms with Crippen molar-refractivity contribution in [1.82, 2.24) is 0 Å². The van der Waals surface area contributed by atoms with Gasteiger partial charge in [-0.2, -0.15) is 5.26 Å². The Labute approximate surface area is 132 Å². The van der Waals surface area contributed by atoms with Gasteiger partial charge in [-0.05, 0) is 49.5 Å². The van der Waals surface area contributed by atoms with Crippen molar-refractivity contribution in [2.24, 2.45) is 5.92 Å². The summed E-state index contributed by atoms with van der Waals surface area (Å²) < 4.78 is 0. The maximum Gasteiger partial charge on any atom is 0.103 e. The lowest BCUT2D eigenvalue weighted by atomic mass is 9.78. The van der Waals surface area contributed by atoms with E-state index in [1.807, 2.05) is 0 Å². The van der Waals surface area contributed by atoms with Crippen LogP contribution >= 0.6 is 11.8 Å². The van der Waals surface area contributed by atoms with Crippen molar-refractivity contribution < 1.29 is 0 Å². The second-order valence-corrected chi connectivity index (χ2v) is 7.45. The minimum absolute atomic E-state index is 0.668. The first-order valence-corrected chi connectivity index (χ1v) is 9.26. The number of hydrogen-bond donors (Lipinski definition) is 0. The molecule has 2 unspecified atom stereocenters. The molecule has 3 heteroatoms. The van der Waals surface area contributed by atoms with Gasteiger partial charge in [0.05, 0.1) is 11.3 Å². The molecule has 2 nitrogen and oxygen atoms in total. The van der Waals surface area contributed by atoms with E-state index >= 15 is 0 Å². The number of nitriles is 1.